The van der Waals surface area contributed by atoms with Gasteiger partial charge in [-0.1, -0.05) is 15.9 Å². The molecule has 8 heteroatoms. The van der Waals surface area contributed by atoms with Crippen molar-refractivity contribution in [3.8, 4) is 0 Å². The number of benzene rings is 1. The highest BCUT2D eigenvalue weighted by atomic mass is 79.9. The molecule has 1 heterocycles. The van der Waals surface area contributed by atoms with Crippen molar-refractivity contribution in [2.45, 2.75) is 0 Å². The third kappa shape index (κ3) is 3.50. The molecule has 0 atom stereocenters. The van der Waals surface area contributed by atoms with Crippen molar-refractivity contribution < 1.29 is 18.3 Å². The highest BCUT2D eigenvalue weighted by molar-refractivity contribution is 9.10. The van der Waals surface area contributed by atoms with Crippen molar-refractivity contribution >= 4 is 37.6 Å². The fraction of sp³-hybridized carbons (Fsp3) is 0.417. The fourth-order valence-electron chi connectivity index (χ4n) is 2.16. The van der Waals surface area contributed by atoms with Gasteiger partial charge in [-0.25, -0.2) is 13.2 Å². The first kappa shape index (κ1) is 15.3. The Morgan fingerprint density at radius 2 is 1.80 bits per heavy atom. The zero-order valence-electron chi connectivity index (χ0n) is 10.9. The Morgan fingerprint density at radius 3 is 2.30 bits per heavy atom. The number of carboxylic acids is 1. The predicted molar refractivity (Wildman–Crippen MR) is 79.7 cm³/mol. The normalized spacial score (nSPS) is 17.2. The summed E-state index contributed by atoms with van der Waals surface area (Å²) < 4.78 is 25.0. The van der Waals surface area contributed by atoms with Crippen LogP contribution in [0.4, 0.5) is 5.69 Å². The van der Waals surface area contributed by atoms with Crippen molar-refractivity contribution in [1.29, 1.82) is 0 Å². The minimum Gasteiger partial charge on any atom is -0.478 e. The summed E-state index contributed by atoms with van der Waals surface area (Å²) in [6, 6.07) is 4.98. The van der Waals surface area contributed by atoms with Crippen LogP contribution in [0.25, 0.3) is 0 Å². The molecule has 0 amide bonds. The SMILES string of the molecule is CS(=O)(=O)N1CCN(c2cc(Br)cc(C(=O)O)c2)CC1. The van der Waals surface area contributed by atoms with Gasteiger partial charge in [0.1, 0.15) is 0 Å². The lowest BCUT2D eigenvalue weighted by Gasteiger charge is -2.34. The van der Waals surface area contributed by atoms with Gasteiger partial charge in [0.15, 0.2) is 0 Å². The van der Waals surface area contributed by atoms with Gasteiger partial charge in [-0.3, -0.25) is 0 Å². The van der Waals surface area contributed by atoms with Crippen molar-refractivity contribution in [2.75, 3.05) is 37.3 Å². The number of rotatable bonds is 3. The molecular weight excluding hydrogens is 348 g/mol. The Labute approximate surface area is 126 Å². The molecule has 0 aromatic heterocycles. The number of piperazine rings is 1. The molecule has 1 saturated heterocycles. The van der Waals surface area contributed by atoms with E-state index in [0.29, 0.717) is 30.7 Å². The van der Waals surface area contributed by atoms with Crippen LogP contribution in [0.15, 0.2) is 22.7 Å². The highest BCUT2D eigenvalue weighted by Crippen LogP contribution is 2.24. The second kappa shape index (κ2) is 5.71. The Kier molecular flexibility index (Phi) is 4.36. The first-order valence-electron chi connectivity index (χ1n) is 6.01. The van der Waals surface area contributed by atoms with Crippen LogP contribution < -0.4 is 4.90 Å². The van der Waals surface area contributed by atoms with Gasteiger partial charge in [0.25, 0.3) is 0 Å². The topological polar surface area (TPSA) is 77.9 Å². The quantitative estimate of drug-likeness (QED) is 0.874. The third-order valence-electron chi connectivity index (χ3n) is 3.20. The van der Waals surface area contributed by atoms with E-state index >= 15 is 0 Å². The van der Waals surface area contributed by atoms with Gasteiger partial charge in [-0.05, 0) is 18.2 Å². The monoisotopic (exact) mass is 362 g/mol. The van der Waals surface area contributed by atoms with Gasteiger partial charge >= 0.3 is 5.97 Å². The molecule has 0 spiro atoms. The molecule has 0 saturated carbocycles. The lowest BCUT2D eigenvalue weighted by Crippen LogP contribution is -2.48. The number of carbonyl (C=O) groups is 1. The number of anilines is 1. The molecule has 6 nitrogen and oxygen atoms in total. The molecule has 2 rings (SSSR count). The van der Waals surface area contributed by atoms with E-state index in [9.17, 15) is 13.2 Å². The number of halogens is 1. The Bertz CT molecular complexity index is 624. The minimum absolute atomic E-state index is 0.208. The van der Waals surface area contributed by atoms with Crippen LogP contribution in [0.3, 0.4) is 0 Å². The van der Waals surface area contributed by atoms with Crippen LogP contribution in [0, 0.1) is 0 Å². The Balaban J connectivity index is 2.17. The van der Waals surface area contributed by atoms with Gasteiger partial charge in [0.2, 0.25) is 10.0 Å². The average molecular weight is 363 g/mol. The second-order valence-electron chi connectivity index (χ2n) is 4.65. The largest absolute Gasteiger partial charge is 0.478 e. The number of carboxylic acid groups (broad SMARTS) is 1. The van der Waals surface area contributed by atoms with E-state index in [2.05, 4.69) is 15.9 Å². The molecule has 1 aromatic carbocycles. The van der Waals surface area contributed by atoms with E-state index in [-0.39, 0.29) is 5.56 Å². The van der Waals surface area contributed by atoms with Crippen LogP contribution in [-0.2, 0) is 10.0 Å². The fourth-order valence-corrected chi connectivity index (χ4v) is 3.47. The van der Waals surface area contributed by atoms with Gasteiger partial charge in [-0.15, -0.1) is 0 Å². The lowest BCUT2D eigenvalue weighted by molar-refractivity contribution is 0.0697. The summed E-state index contributed by atoms with van der Waals surface area (Å²) in [5, 5.41) is 9.05. The van der Waals surface area contributed by atoms with Gasteiger partial charge in [0.05, 0.1) is 11.8 Å². The van der Waals surface area contributed by atoms with Crippen molar-refractivity contribution in [1.82, 2.24) is 4.31 Å². The lowest BCUT2D eigenvalue weighted by atomic mass is 10.2. The van der Waals surface area contributed by atoms with Gasteiger partial charge in [0, 0.05) is 36.3 Å². The summed E-state index contributed by atoms with van der Waals surface area (Å²) in [6.07, 6.45) is 1.20. The molecule has 0 radical (unpaired) electrons. The number of sulfonamides is 1. The van der Waals surface area contributed by atoms with E-state index in [1.807, 2.05) is 11.0 Å². The van der Waals surface area contributed by atoms with Crippen LogP contribution in [0.1, 0.15) is 10.4 Å². The smallest absolute Gasteiger partial charge is 0.335 e. The van der Waals surface area contributed by atoms with E-state index in [1.165, 1.54) is 10.6 Å². The van der Waals surface area contributed by atoms with E-state index < -0.39 is 16.0 Å². The number of hydrogen-bond acceptors (Lipinski definition) is 4. The van der Waals surface area contributed by atoms with Crippen molar-refractivity contribution in [3.05, 3.63) is 28.2 Å². The number of aromatic carboxylic acids is 1. The van der Waals surface area contributed by atoms with Gasteiger partial charge < -0.3 is 10.0 Å². The first-order valence-corrected chi connectivity index (χ1v) is 8.65. The molecule has 1 aromatic rings. The van der Waals surface area contributed by atoms with E-state index in [1.54, 1.807) is 12.1 Å². The summed E-state index contributed by atoms with van der Waals surface area (Å²) in [4.78, 5) is 13.0. The molecule has 1 fully saturated rings. The standard InChI is InChI=1S/C12H15BrN2O4S/c1-20(18,19)15-4-2-14(3-5-15)11-7-9(12(16)17)6-10(13)8-11/h6-8H,2-5H2,1H3,(H,16,17). The number of nitrogens with zero attached hydrogens (tertiary/aromatic N) is 2. The minimum atomic E-state index is -3.16. The Hall–Kier alpha value is -1.12. The van der Waals surface area contributed by atoms with Crippen LogP contribution in [-0.4, -0.2) is 56.2 Å². The predicted octanol–water partition coefficient (Wildman–Crippen LogP) is 1.23. The van der Waals surface area contributed by atoms with Crippen LogP contribution >= 0.6 is 15.9 Å². The first-order chi connectivity index (χ1) is 9.27. The van der Waals surface area contributed by atoms with Crippen molar-refractivity contribution in [3.63, 3.8) is 0 Å². The molecule has 20 heavy (non-hydrogen) atoms. The molecule has 0 aliphatic carbocycles. The summed E-state index contributed by atoms with van der Waals surface area (Å²) in [7, 11) is -3.16. The molecule has 0 bridgehead atoms. The zero-order chi connectivity index (χ0) is 14.9. The summed E-state index contributed by atoms with van der Waals surface area (Å²) in [5.41, 5.74) is 0.991. The summed E-state index contributed by atoms with van der Waals surface area (Å²) in [6.45, 7) is 1.91. The maximum atomic E-state index is 11.4. The molecule has 110 valence electrons. The average Bonchev–Trinajstić information content (AvgIpc) is 2.37. The molecular formula is C12H15BrN2O4S. The molecule has 1 aliphatic heterocycles. The highest BCUT2D eigenvalue weighted by Gasteiger charge is 2.24. The molecule has 0 unspecified atom stereocenters. The van der Waals surface area contributed by atoms with Gasteiger partial charge in [-0.2, -0.15) is 4.31 Å². The molecule has 1 N–H and O–H groups in total. The van der Waals surface area contributed by atoms with E-state index in [0.717, 1.165) is 5.69 Å². The molecule has 1 aliphatic rings. The second-order valence-corrected chi connectivity index (χ2v) is 7.55. The van der Waals surface area contributed by atoms with Crippen LogP contribution in [0.2, 0.25) is 0 Å². The third-order valence-corrected chi connectivity index (χ3v) is 4.96. The summed E-state index contributed by atoms with van der Waals surface area (Å²) in [5.74, 6) is -0.984. The summed E-state index contributed by atoms with van der Waals surface area (Å²) >= 11 is 3.30. The van der Waals surface area contributed by atoms with Crippen molar-refractivity contribution in [2.24, 2.45) is 0 Å². The maximum absolute atomic E-state index is 11.4. The maximum Gasteiger partial charge on any atom is 0.335 e. The van der Waals surface area contributed by atoms with E-state index in [4.69, 9.17) is 5.11 Å². The number of hydrogen-bond donors (Lipinski definition) is 1. The zero-order valence-corrected chi connectivity index (χ0v) is 13.3. The van der Waals surface area contributed by atoms with Crippen LogP contribution in [0.5, 0.6) is 0 Å². The Morgan fingerprint density at radius 1 is 1.20 bits per heavy atom.